The van der Waals surface area contributed by atoms with E-state index in [1.807, 2.05) is 4.90 Å². The standard InChI is InChI=1S/C20H27NO5/c1-24-16-10-15(11-17(12-16)25-2)20(23)26-13-19(22)21-9-5-7-14-6-3-4-8-18(14)21/h10-12,14,18H,3-9,13H2,1-2H3/t14-,18+/m0/s1. The number of carbonyl (C=O) groups is 2. The number of nitrogens with zero attached hydrogens (tertiary/aromatic N) is 1. The summed E-state index contributed by atoms with van der Waals surface area (Å²) >= 11 is 0. The number of carbonyl (C=O) groups excluding carboxylic acids is 2. The molecular formula is C20H27NO5. The normalized spacial score (nSPS) is 22.3. The molecule has 26 heavy (non-hydrogen) atoms. The Morgan fingerprint density at radius 2 is 1.65 bits per heavy atom. The van der Waals surface area contributed by atoms with Crippen LogP contribution in [0.25, 0.3) is 0 Å². The fourth-order valence-electron chi connectivity index (χ4n) is 4.15. The van der Waals surface area contributed by atoms with Crippen LogP contribution in [0.2, 0.25) is 0 Å². The van der Waals surface area contributed by atoms with Crippen LogP contribution in [0.5, 0.6) is 11.5 Å². The molecule has 1 aromatic carbocycles. The van der Waals surface area contributed by atoms with E-state index >= 15 is 0 Å². The second-order valence-electron chi connectivity index (χ2n) is 7.02. The van der Waals surface area contributed by atoms with Crippen molar-refractivity contribution in [3.8, 4) is 11.5 Å². The third-order valence-electron chi connectivity index (χ3n) is 5.48. The molecule has 3 rings (SSSR count). The van der Waals surface area contributed by atoms with Gasteiger partial charge in [-0.3, -0.25) is 4.79 Å². The molecule has 6 nitrogen and oxygen atoms in total. The lowest BCUT2D eigenvalue weighted by atomic mass is 9.78. The molecule has 0 aromatic heterocycles. The van der Waals surface area contributed by atoms with E-state index in [4.69, 9.17) is 14.2 Å². The largest absolute Gasteiger partial charge is 0.497 e. The van der Waals surface area contributed by atoms with E-state index in [2.05, 4.69) is 0 Å². The zero-order chi connectivity index (χ0) is 18.5. The first-order valence-electron chi connectivity index (χ1n) is 9.32. The summed E-state index contributed by atoms with van der Waals surface area (Å²) in [5, 5.41) is 0. The Hall–Kier alpha value is -2.24. The molecular weight excluding hydrogens is 334 g/mol. The highest BCUT2D eigenvalue weighted by Gasteiger charge is 2.35. The molecule has 6 heteroatoms. The quantitative estimate of drug-likeness (QED) is 0.754. The third kappa shape index (κ3) is 4.11. The SMILES string of the molecule is COc1cc(OC)cc(C(=O)OCC(=O)N2CCC[C@@H]3CCCC[C@H]32)c1. The predicted octanol–water partition coefficient (Wildman–Crippen LogP) is 3.04. The summed E-state index contributed by atoms with van der Waals surface area (Å²) in [5.41, 5.74) is 0.309. The van der Waals surface area contributed by atoms with Crippen molar-refractivity contribution in [1.29, 1.82) is 0 Å². The minimum absolute atomic E-state index is 0.0928. The average Bonchev–Trinajstić information content (AvgIpc) is 2.70. The number of methoxy groups -OCH3 is 2. The molecule has 0 radical (unpaired) electrons. The summed E-state index contributed by atoms with van der Waals surface area (Å²) in [6.45, 7) is 0.548. The maximum Gasteiger partial charge on any atom is 0.338 e. The Balaban J connectivity index is 1.61. The molecule has 2 atom stereocenters. The fraction of sp³-hybridized carbons (Fsp3) is 0.600. The summed E-state index contributed by atoms with van der Waals surface area (Å²) in [6, 6.07) is 5.15. The average molecular weight is 361 g/mol. The lowest BCUT2D eigenvalue weighted by Crippen LogP contribution is -2.50. The Kier molecular flexibility index (Phi) is 6.01. The number of fused-ring (bicyclic) bond motifs is 1. The van der Waals surface area contributed by atoms with Gasteiger partial charge in [-0.25, -0.2) is 4.79 Å². The minimum Gasteiger partial charge on any atom is -0.497 e. The highest BCUT2D eigenvalue weighted by molar-refractivity contribution is 5.92. The fourth-order valence-corrected chi connectivity index (χ4v) is 4.15. The first kappa shape index (κ1) is 18.5. The van der Waals surface area contributed by atoms with Crippen LogP contribution in [0.4, 0.5) is 0 Å². The number of piperidine rings is 1. The zero-order valence-electron chi connectivity index (χ0n) is 15.5. The van der Waals surface area contributed by atoms with Crippen LogP contribution < -0.4 is 9.47 Å². The zero-order valence-corrected chi connectivity index (χ0v) is 15.5. The summed E-state index contributed by atoms with van der Waals surface area (Å²) < 4.78 is 15.6. The van der Waals surface area contributed by atoms with Gasteiger partial charge in [0.25, 0.3) is 5.91 Å². The smallest absolute Gasteiger partial charge is 0.338 e. The lowest BCUT2D eigenvalue weighted by Gasteiger charge is -2.44. The molecule has 1 aliphatic heterocycles. The van der Waals surface area contributed by atoms with Gasteiger partial charge >= 0.3 is 5.97 Å². The molecule has 1 aromatic rings. The summed E-state index contributed by atoms with van der Waals surface area (Å²) in [5.74, 6) is 0.977. The third-order valence-corrected chi connectivity index (χ3v) is 5.48. The number of hydrogen-bond acceptors (Lipinski definition) is 5. The Labute approximate surface area is 154 Å². The maximum atomic E-state index is 12.6. The summed E-state index contributed by atoms with van der Waals surface area (Å²) in [4.78, 5) is 26.9. The Bertz CT molecular complexity index is 635. The van der Waals surface area contributed by atoms with Crippen molar-refractivity contribution in [2.24, 2.45) is 5.92 Å². The Morgan fingerprint density at radius 1 is 1.00 bits per heavy atom. The van der Waals surface area contributed by atoms with Crippen LogP contribution in [0.15, 0.2) is 18.2 Å². The molecule has 1 aliphatic carbocycles. The number of hydrogen-bond donors (Lipinski definition) is 0. The van der Waals surface area contributed by atoms with Gasteiger partial charge in [-0.15, -0.1) is 0 Å². The van der Waals surface area contributed by atoms with Gasteiger partial charge in [0, 0.05) is 18.7 Å². The van der Waals surface area contributed by atoms with Crippen LogP contribution in [0.3, 0.4) is 0 Å². The van der Waals surface area contributed by atoms with E-state index < -0.39 is 5.97 Å². The topological polar surface area (TPSA) is 65.1 Å². The number of benzene rings is 1. The molecule has 1 saturated heterocycles. The molecule has 0 bridgehead atoms. The van der Waals surface area contributed by atoms with E-state index in [0.717, 1.165) is 19.4 Å². The number of likely N-dealkylation sites (tertiary alicyclic amines) is 1. The number of esters is 1. The molecule has 1 heterocycles. The molecule has 0 spiro atoms. The van der Waals surface area contributed by atoms with Crippen molar-refractivity contribution in [1.82, 2.24) is 4.90 Å². The van der Waals surface area contributed by atoms with E-state index in [0.29, 0.717) is 29.0 Å². The lowest BCUT2D eigenvalue weighted by molar-refractivity contribution is -0.140. The van der Waals surface area contributed by atoms with Gasteiger partial charge in [0.1, 0.15) is 11.5 Å². The first-order chi connectivity index (χ1) is 12.6. The van der Waals surface area contributed by atoms with Crippen LogP contribution in [-0.4, -0.2) is 50.2 Å². The monoisotopic (exact) mass is 361 g/mol. The van der Waals surface area contributed by atoms with Crippen LogP contribution in [-0.2, 0) is 9.53 Å². The van der Waals surface area contributed by atoms with Crippen LogP contribution in [0, 0.1) is 5.92 Å². The van der Waals surface area contributed by atoms with Crippen molar-refractivity contribution in [3.63, 3.8) is 0 Å². The molecule has 2 fully saturated rings. The van der Waals surface area contributed by atoms with Gasteiger partial charge in [-0.1, -0.05) is 12.8 Å². The van der Waals surface area contributed by atoms with E-state index in [-0.39, 0.29) is 12.5 Å². The minimum atomic E-state index is -0.548. The molecule has 2 aliphatic rings. The van der Waals surface area contributed by atoms with Crippen molar-refractivity contribution in [3.05, 3.63) is 23.8 Å². The Morgan fingerprint density at radius 3 is 2.35 bits per heavy atom. The highest BCUT2D eigenvalue weighted by Crippen LogP contribution is 2.35. The van der Waals surface area contributed by atoms with Crippen LogP contribution >= 0.6 is 0 Å². The molecule has 142 valence electrons. The highest BCUT2D eigenvalue weighted by atomic mass is 16.5. The molecule has 0 unspecified atom stereocenters. The van der Waals surface area contributed by atoms with E-state index in [9.17, 15) is 9.59 Å². The molecule has 1 saturated carbocycles. The van der Waals surface area contributed by atoms with Crippen molar-refractivity contribution in [2.45, 2.75) is 44.6 Å². The summed E-state index contributed by atoms with van der Waals surface area (Å²) in [7, 11) is 3.04. The number of amides is 1. The second-order valence-corrected chi connectivity index (χ2v) is 7.02. The molecule has 0 N–H and O–H groups in total. The van der Waals surface area contributed by atoms with Crippen molar-refractivity contribution in [2.75, 3.05) is 27.4 Å². The first-order valence-corrected chi connectivity index (χ1v) is 9.32. The van der Waals surface area contributed by atoms with Crippen LogP contribution in [0.1, 0.15) is 48.9 Å². The van der Waals surface area contributed by atoms with Gasteiger partial charge in [0.2, 0.25) is 0 Å². The van der Waals surface area contributed by atoms with Gasteiger partial charge in [0.05, 0.1) is 19.8 Å². The van der Waals surface area contributed by atoms with Gasteiger partial charge in [0.15, 0.2) is 6.61 Å². The van der Waals surface area contributed by atoms with E-state index in [1.165, 1.54) is 39.9 Å². The number of rotatable bonds is 5. The van der Waals surface area contributed by atoms with E-state index in [1.54, 1.807) is 18.2 Å². The van der Waals surface area contributed by atoms with Crippen molar-refractivity contribution >= 4 is 11.9 Å². The van der Waals surface area contributed by atoms with Gasteiger partial charge in [-0.2, -0.15) is 0 Å². The second kappa shape index (κ2) is 8.43. The van der Waals surface area contributed by atoms with Gasteiger partial charge in [-0.05, 0) is 43.7 Å². The maximum absolute atomic E-state index is 12.6. The number of ether oxygens (including phenoxy) is 3. The molecule has 1 amide bonds. The van der Waals surface area contributed by atoms with Gasteiger partial charge < -0.3 is 19.1 Å². The van der Waals surface area contributed by atoms with Crippen molar-refractivity contribution < 1.29 is 23.8 Å². The predicted molar refractivity (Wildman–Crippen MR) is 96.5 cm³/mol. The summed E-state index contributed by atoms with van der Waals surface area (Å²) in [6.07, 6.45) is 6.95.